The number of fused-ring (bicyclic) bond motifs is 1. The first kappa shape index (κ1) is 13.8. The zero-order valence-electron chi connectivity index (χ0n) is 10.8. The van der Waals surface area contributed by atoms with Crippen LogP contribution < -0.4 is 5.73 Å². The molecule has 0 saturated heterocycles. The molecular weight excluding hydrogens is 258 g/mol. The van der Waals surface area contributed by atoms with E-state index in [-0.39, 0.29) is 5.84 Å². The van der Waals surface area contributed by atoms with E-state index in [0.29, 0.717) is 5.56 Å². The fourth-order valence-corrected chi connectivity index (χ4v) is 2.72. The summed E-state index contributed by atoms with van der Waals surface area (Å²) >= 11 is 1.62. The van der Waals surface area contributed by atoms with Gasteiger partial charge in [-0.3, -0.25) is 5.41 Å². The summed E-state index contributed by atoms with van der Waals surface area (Å²) in [6, 6.07) is 9.80. The SMILES string of the molecule is COCCCSc1nc2ccccc2cc1C(=N)N. The molecule has 0 aliphatic heterocycles. The second-order valence-corrected chi connectivity index (χ2v) is 5.23. The number of ether oxygens (including phenoxy) is 1. The van der Waals surface area contributed by atoms with E-state index >= 15 is 0 Å². The van der Waals surface area contributed by atoms with Gasteiger partial charge in [-0.25, -0.2) is 4.98 Å². The Morgan fingerprint density at radius 2 is 2.21 bits per heavy atom. The highest BCUT2D eigenvalue weighted by molar-refractivity contribution is 7.99. The van der Waals surface area contributed by atoms with Crippen molar-refractivity contribution in [2.24, 2.45) is 5.73 Å². The van der Waals surface area contributed by atoms with Gasteiger partial charge in [0.25, 0.3) is 0 Å². The summed E-state index contributed by atoms with van der Waals surface area (Å²) in [5, 5.41) is 9.50. The molecule has 0 fully saturated rings. The molecule has 5 heteroatoms. The summed E-state index contributed by atoms with van der Waals surface area (Å²) in [5.41, 5.74) is 7.28. The van der Waals surface area contributed by atoms with Gasteiger partial charge in [0.2, 0.25) is 0 Å². The van der Waals surface area contributed by atoms with Gasteiger partial charge >= 0.3 is 0 Å². The van der Waals surface area contributed by atoms with Crippen LogP contribution in [0.25, 0.3) is 10.9 Å². The van der Waals surface area contributed by atoms with Crippen molar-refractivity contribution in [1.29, 1.82) is 5.41 Å². The minimum absolute atomic E-state index is 0.0625. The summed E-state index contributed by atoms with van der Waals surface area (Å²) in [7, 11) is 1.69. The van der Waals surface area contributed by atoms with Gasteiger partial charge in [0.1, 0.15) is 10.9 Å². The average molecular weight is 275 g/mol. The monoisotopic (exact) mass is 275 g/mol. The van der Waals surface area contributed by atoms with Gasteiger partial charge in [-0.2, -0.15) is 0 Å². The Morgan fingerprint density at radius 1 is 1.42 bits per heavy atom. The normalized spacial score (nSPS) is 10.8. The largest absolute Gasteiger partial charge is 0.385 e. The molecule has 1 heterocycles. The Hall–Kier alpha value is -1.59. The van der Waals surface area contributed by atoms with E-state index in [4.69, 9.17) is 15.9 Å². The van der Waals surface area contributed by atoms with Crippen LogP contribution in [0.1, 0.15) is 12.0 Å². The number of benzene rings is 1. The Kier molecular flexibility index (Phi) is 4.76. The smallest absolute Gasteiger partial charge is 0.125 e. The topological polar surface area (TPSA) is 72.0 Å². The number of hydrogen-bond donors (Lipinski definition) is 2. The minimum atomic E-state index is 0.0625. The van der Waals surface area contributed by atoms with E-state index in [2.05, 4.69) is 4.98 Å². The Bertz CT molecular complexity index is 586. The fourth-order valence-electron chi connectivity index (χ4n) is 1.77. The van der Waals surface area contributed by atoms with Crippen molar-refractivity contribution in [3.63, 3.8) is 0 Å². The van der Waals surface area contributed by atoms with Crippen molar-refractivity contribution in [1.82, 2.24) is 4.98 Å². The van der Waals surface area contributed by atoms with Crippen LogP contribution >= 0.6 is 11.8 Å². The van der Waals surface area contributed by atoms with Gasteiger partial charge in [-0.05, 0) is 18.6 Å². The molecule has 4 nitrogen and oxygen atoms in total. The number of nitrogens with two attached hydrogens (primary N) is 1. The summed E-state index contributed by atoms with van der Waals surface area (Å²) in [6.07, 6.45) is 0.951. The molecule has 0 saturated carbocycles. The van der Waals surface area contributed by atoms with Gasteiger partial charge in [0.05, 0.1) is 5.52 Å². The summed E-state index contributed by atoms with van der Waals surface area (Å²) in [5.74, 6) is 0.965. The lowest BCUT2D eigenvalue weighted by molar-refractivity contribution is 0.200. The lowest BCUT2D eigenvalue weighted by Crippen LogP contribution is -2.13. The lowest BCUT2D eigenvalue weighted by atomic mass is 10.1. The maximum atomic E-state index is 7.67. The number of nitrogens with one attached hydrogen (secondary N) is 1. The third-order valence-electron chi connectivity index (χ3n) is 2.71. The molecule has 100 valence electrons. The summed E-state index contributed by atoms with van der Waals surface area (Å²) in [4.78, 5) is 4.60. The molecule has 1 aromatic heterocycles. The third-order valence-corrected chi connectivity index (χ3v) is 3.79. The zero-order valence-corrected chi connectivity index (χ0v) is 11.7. The maximum Gasteiger partial charge on any atom is 0.125 e. The molecule has 2 rings (SSSR count). The molecule has 19 heavy (non-hydrogen) atoms. The molecule has 1 aromatic carbocycles. The number of nitrogen functional groups attached to an aromatic ring is 1. The maximum absolute atomic E-state index is 7.67. The number of methoxy groups -OCH3 is 1. The highest BCUT2D eigenvalue weighted by Crippen LogP contribution is 2.25. The zero-order chi connectivity index (χ0) is 13.7. The number of pyridine rings is 1. The number of amidine groups is 1. The van der Waals surface area contributed by atoms with Crippen LogP contribution in [0.3, 0.4) is 0 Å². The van der Waals surface area contributed by atoms with Crippen molar-refractivity contribution >= 4 is 28.5 Å². The van der Waals surface area contributed by atoms with E-state index in [1.807, 2.05) is 30.3 Å². The van der Waals surface area contributed by atoms with Gasteiger partial charge in [0, 0.05) is 30.4 Å². The molecule has 2 aromatic rings. The summed E-state index contributed by atoms with van der Waals surface area (Å²) < 4.78 is 5.03. The van der Waals surface area contributed by atoms with Crippen molar-refractivity contribution in [2.75, 3.05) is 19.5 Å². The standard InChI is InChI=1S/C14H17N3OS/c1-18-7-4-8-19-14-11(13(15)16)9-10-5-2-3-6-12(10)17-14/h2-3,5-6,9H,4,7-8H2,1H3,(H3,15,16). The first-order valence-corrected chi connectivity index (χ1v) is 7.07. The molecular formula is C14H17N3OS. The quantitative estimate of drug-likeness (QED) is 0.368. The van der Waals surface area contributed by atoms with Crippen LogP contribution in [0.5, 0.6) is 0 Å². The van der Waals surface area contributed by atoms with Gasteiger partial charge in [-0.15, -0.1) is 11.8 Å². The highest BCUT2D eigenvalue weighted by Gasteiger charge is 2.09. The van der Waals surface area contributed by atoms with Crippen LogP contribution in [0.4, 0.5) is 0 Å². The first-order valence-electron chi connectivity index (χ1n) is 6.08. The van der Waals surface area contributed by atoms with E-state index in [0.717, 1.165) is 34.7 Å². The number of nitrogens with zero attached hydrogens (tertiary/aromatic N) is 1. The molecule has 0 unspecified atom stereocenters. The second kappa shape index (κ2) is 6.54. The van der Waals surface area contributed by atoms with Crippen molar-refractivity contribution in [3.8, 4) is 0 Å². The Labute approximate surface area is 116 Å². The number of rotatable bonds is 6. The van der Waals surface area contributed by atoms with Crippen LogP contribution in [0, 0.1) is 5.41 Å². The summed E-state index contributed by atoms with van der Waals surface area (Å²) in [6.45, 7) is 0.732. The fraction of sp³-hybridized carbons (Fsp3) is 0.286. The van der Waals surface area contributed by atoms with Crippen LogP contribution in [-0.2, 0) is 4.74 Å². The van der Waals surface area contributed by atoms with Crippen LogP contribution in [-0.4, -0.2) is 30.3 Å². The van der Waals surface area contributed by atoms with E-state index in [1.54, 1.807) is 18.9 Å². The molecule has 0 atom stereocenters. The second-order valence-electron chi connectivity index (χ2n) is 4.14. The van der Waals surface area contributed by atoms with E-state index in [1.165, 1.54) is 0 Å². The number of para-hydroxylation sites is 1. The van der Waals surface area contributed by atoms with Crippen LogP contribution in [0.2, 0.25) is 0 Å². The molecule has 0 amide bonds. The number of thioether (sulfide) groups is 1. The first-order chi connectivity index (χ1) is 9.22. The van der Waals surface area contributed by atoms with Crippen molar-refractivity contribution < 1.29 is 4.74 Å². The minimum Gasteiger partial charge on any atom is -0.385 e. The van der Waals surface area contributed by atoms with Crippen LogP contribution in [0.15, 0.2) is 35.4 Å². The Balaban J connectivity index is 2.28. The number of aromatic nitrogens is 1. The molecule has 3 N–H and O–H groups in total. The number of hydrogen-bond acceptors (Lipinski definition) is 4. The lowest BCUT2D eigenvalue weighted by Gasteiger charge is -2.09. The molecule has 0 aliphatic carbocycles. The predicted molar refractivity (Wildman–Crippen MR) is 80.0 cm³/mol. The molecule has 0 aliphatic rings. The van der Waals surface area contributed by atoms with Crippen molar-refractivity contribution in [2.45, 2.75) is 11.4 Å². The third kappa shape index (κ3) is 3.45. The Morgan fingerprint density at radius 3 is 2.95 bits per heavy atom. The molecule has 0 bridgehead atoms. The molecule has 0 spiro atoms. The highest BCUT2D eigenvalue weighted by atomic mass is 32.2. The van der Waals surface area contributed by atoms with Gasteiger partial charge in [-0.1, -0.05) is 18.2 Å². The van der Waals surface area contributed by atoms with Crippen molar-refractivity contribution in [3.05, 3.63) is 35.9 Å². The van der Waals surface area contributed by atoms with Gasteiger partial charge < -0.3 is 10.5 Å². The van der Waals surface area contributed by atoms with E-state index < -0.39 is 0 Å². The average Bonchev–Trinajstić information content (AvgIpc) is 2.42. The molecule has 0 radical (unpaired) electrons. The van der Waals surface area contributed by atoms with Gasteiger partial charge in [0.15, 0.2) is 0 Å². The van der Waals surface area contributed by atoms with E-state index in [9.17, 15) is 0 Å². The predicted octanol–water partition coefficient (Wildman–Crippen LogP) is 2.65.